The van der Waals surface area contributed by atoms with Crippen molar-refractivity contribution in [1.29, 1.82) is 0 Å². The summed E-state index contributed by atoms with van der Waals surface area (Å²) in [6.07, 6.45) is 11.7. The summed E-state index contributed by atoms with van der Waals surface area (Å²) in [6, 6.07) is 7.69. The van der Waals surface area contributed by atoms with Gasteiger partial charge in [0.1, 0.15) is 35.2 Å². The summed E-state index contributed by atoms with van der Waals surface area (Å²) >= 11 is 1.51. The maximum atomic E-state index is 5.82. The van der Waals surface area contributed by atoms with Crippen LogP contribution < -0.4 is 0 Å². The van der Waals surface area contributed by atoms with Gasteiger partial charge in [-0.25, -0.2) is 14.4 Å². The van der Waals surface area contributed by atoms with E-state index < -0.39 is 10.2 Å². The van der Waals surface area contributed by atoms with E-state index in [0.29, 0.717) is 11.6 Å². The minimum atomic E-state index is -2.20. The van der Waals surface area contributed by atoms with E-state index in [1.54, 1.807) is 37.2 Å². The van der Waals surface area contributed by atoms with E-state index in [-0.39, 0.29) is 0 Å². The highest BCUT2D eigenvalue weighted by Gasteiger charge is 2.47. The van der Waals surface area contributed by atoms with E-state index in [9.17, 15) is 0 Å². The van der Waals surface area contributed by atoms with Crippen LogP contribution in [-0.4, -0.2) is 25.8 Å². The molecular formula is C20H13N5O3S2. The second-order valence-electron chi connectivity index (χ2n) is 6.28. The van der Waals surface area contributed by atoms with Gasteiger partial charge in [-0.05, 0) is 28.4 Å². The summed E-state index contributed by atoms with van der Waals surface area (Å²) < 4.78 is 21.8. The predicted octanol–water partition coefficient (Wildman–Crippen LogP) is 5.25. The SMILES string of the molecule is c1c[nH]c(S2(c3ccoc3)N=C(c3nccs3)C(c3ccon3)=C2c2ncco2)c1. The molecule has 1 atom stereocenters. The van der Waals surface area contributed by atoms with Gasteiger partial charge in [0, 0.05) is 23.8 Å². The number of aromatic amines is 1. The Labute approximate surface area is 175 Å². The first kappa shape index (κ1) is 17.2. The fraction of sp³-hybridized carbons (Fsp3) is 0. The van der Waals surface area contributed by atoms with Crippen molar-refractivity contribution < 1.29 is 13.4 Å². The second-order valence-corrected chi connectivity index (χ2v) is 9.83. The molecule has 6 rings (SSSR count). The van der Waals surface area contributed by atoms with Crippen LogP contribution in [0.3, 0.4) is 0 Å². The van der Waals surface area contributed by atoms with Crippen LogP contribution in [0.15, 0.2) is 101 Å². The summed E-state index contributed by atoms with van der Waals surface area (Å²) in [6.45, 7) is 0. The van der Waals surface area contributed by atoms with Gasteiger partial charge in [-0.1, -0.05) is 5.16 Å². The Balaban J connectivity index is 1.78. The summed E-state index contributed by atoms with van der Waals surface area (Å²) in [4.78, 5) is 14.1. The van der Waals surface area contributed by atoms with E-state index in [4.69, 9.17) is 17.8 Å². The lowest BCUT2D eigenvalue weighted by molar-refractivity contribution is 0.418. The van der Waals surface area contributed by atoms with Crippen molar-refractivity contribution in [2.75, 3.05) is 0 Å². The monoisotopic (exact) mass is 435 g/mol. The number of thiazole rings is 1. The molecule has 0 aliphatic carbocycles. The standard InChI is InChI=1S/C20H13N5O3S2/c1-2-15(21-5-1)30(13-3-8-26-12-13)18(19-22-6-10-27-19)16(14-4-9-28-24-14)17(25-30)20-23-7-11-29-20/h1-12,21H. The van der Waals surface area contributed by atoms with Gasteiger partial charge in [-0.2, -0.15) is 0 Å². The van der Waals surface area contributed by atoms with Crippen LogP contribution in [0.4, 0.5) is 0 Å². The van der Waals surface area contributed by atoms with E-state index in [0.717, 1.165) is 31.1 Å². The largest absolute Gasteiger partial charge is 0.471 e. The molecule has 1 unspecified atom stereocenters. The lowest BCUT2D eigenvalue weighted by Gasteiger charge is -2.32. The van der Waals surface area contributed by atoms with Crippen LogP contribution in [0, 0.1) is 0 Å². The molecule has 10 heteroatoms. The lowest BCUT2D eigenvalue weighted by atomic mass is 10.1. The first-order chi connectivity index (χ1) is 14.9. The third-order valence-electron chi connectivity index (χ3n) is 4.67. The van der Waals surface area contributed by atoms with Gasteiger partial charge < -0.3 is 18.3 Å². The molecule has 0 bridgehead atoms. The van der Waals surface area contributed by atoms with Gasteiger partial charge in [-0.3, -0.25) is 0 Å². The molecule has 148 valence electrons. The van der Waals surface area contributed by atoms with E-state index >= 15 is 0 Å². The second kappa shape index (κ2) is 6.71. The van der Waals surface area contributed by atoms with Gasteiger partial charge in [0.2, 0.25) is 5.89 Å². The van der Waals surface area contributed by atoms with Crippen LogP contribution in [0.1, 0.15) is 16.6 Å². The zero-order valence-electron chi connectivity index (χ0n) is 15.3. The normalized spacial score (nSPS) is 21.0. The quantitative estimate of drug-likeness (QED) is 0.404. The Morgan fingerprint density at radius 1 is 1.03 bits per heavy atom. The van der Waals surface area contributed by atoms with Crippen LogP contribution in [0.25, 0.3) is 10.5 Å². The Kier molecular flexibility index (Phi) is 3.86. The van der Waals surface area contributed by atoms with E-state index in [1.807, 2.05) is 29.8 Å². The van der Waals surface area contributed by atoms with Gasteiger partial charge in [0.05, 0.1) is 32.9 Å². The van der Waals surface area contributed by atoms with Gasteiger partial charge in [0.25, 0.3) is 0 Å². The molecule has 5 aromatic rings. The molecule has 0 saturated carbocycles. The molecule has 0 amide bonds. The van der Waals surface area contributed by atoms with E-state index in [1.165, 1.54) is 17.6 Å². The number of rotatable bonds is 5. The number of aromatic nitrogens is 4. The molecular weight excluding hydrogens is 422 g/mol. The number of nitrogens with one attached hydrogen (secondary N) is 1. The molecule has 0 spiro atoms. The summed E-state index contributed by atoms with van der Waals surface area (Å²) in [7, 11) is -2.20. The maximum Gasteiger partial charge on any atom is 0.234 e. The fourth-order valence-corrected chi connectivity index (χ4v) is 7.45. The fourth-order valence-electron chi connectivity index (χ4n) is 3.49. The number of hydrogen-bond acceptors (Lipinski definition) is 8. The topological polar surface area (TPSA) is 106 Å². The van der Waals surface area contributed by atoms with E-state index in [2.05, 4.69) is 20.1 Å². The zero-order chi connectivity index (χ0) is 20.0. The predicted molar refractivity (Wildman–Crippen MR) is 112 cm³/mol. The molecule has 0 fully saturated rings. The summed E-state index contributed by atoms with van der Waals surface area (Å²) in [5, 5.41) is 7.84. The Hall–Kier alpha value is -3.63. The number of allylic oxidation sites excluding steroid dienone is 1. The molecule has 6 heterocycles. The molecule has 0 radical (unpaired) electrons. The summed E-state index contributed by atoms with van der Waals surface area (Å²) in [5.74, 6) is 0.467. The van der Waals surface area contributed by atoms with Gasteiger partial charge in [0.15, 0.2) is 0 Å². The molecule has 8 nitrogen and oxygen atoms in total. The number of H-pyrrole nitrogens is 1. The minimum Gasteiger partial charge on any atom is -0.471 e. The van der Waals surface area contributed by atoms with Crippen molar-refractivity contribution in [3.05, 3.63) is 89.9 Å². The number of oxazole rings is 1. The zero-order valence-corrected chi connectivity index (χ0v) is 16.9. The molecule has 1 N–H and O–H groups in total. The molecule has 0 aromatic carbocycles. The van der Waals surface area contributed by atoms with Gasteiger partial charge >= 0.3 is 0 Å². The molecule has 30 heavy (non-hydrogen) atoms. The first-order valence-corrected chi connectivity index (χ1v) is 11.4. The number of nitrogens with zero attached hydrogens (tertiary/aromatic N) is 4. The van der Waals surface area contributed by atoms with Crippen LogP contribution in [0.5, 0.6) is 0 Å². The molecule has 5 aromatic heterocycles. The highest BCUT2D eigenvalue weighted by molar-refractivity contribution is 8.40. The average Bonchev–Trinajstić information content (AvgIpc) is 3.62. The third kappa shape index (κ3) is 2.41. The van der Waals surface area contributed by atoms with Crippen LogP contribution in [-0.2, 0) is 0 Å². The van der Waals surface area contributed by atoms with Crippen molar-refractivity contribution in [2.24, 2.45) is 4.40 Å². The minimum absolute atomic E-state index is 0.467. The smallest absolute Gasteiger partial charge is 0.234 e. The lowest BCUT2D eigenvalue weighted by Crippen LogP contribution is -2.03. The highest BCUT2D eigenvalue weighted by atomic mass is 32.3. The molecule has 1 aliphatic rings. The summed E-state index contributed by atoms with van der Waals surface area (Å²) in [5.41, 5.74) is 2.14. The van der Waals surface area contributed by atoms with Crippen molar-refractivity contribution in [3.63, 3.8) is 0 Å². The van der Waals surface area contributed by atoms with Crippen molar-refractivity contribution in [2.45, 2.75) is 9.92 Å². The van der Waals surface area contributed by atoms with Crippen LogP contribution >= 0.6 is 21.6 Å². The maximum absolute atomic E-state index is 5.82. The highest BCUT2D eigenvalue weighted by Crippen LogP contribution is 2.76. The third-order valence-corrected chi connectivity index (χ3v) is 8.68. The Bertz CT molecular complexity index is 1280. The Morgan fingerprint density at radius 3 is 2.70 bits per heavy atom. The van der Waals surface area contributed by atoms with Gasteiger partial charge in [-0.15, -0.1) is 11.3 Å². The van der Waals surface area contributed by atoms with Crippen molar-refractivity contribution in [3.8, 4) is 0 Å². The number of hydrogen-bond donors (Lipinski definition) is 1. The molecule has 0 saturated heterocycles. The van der Waals surface area contributed by atoms with Crippen LogP contribution in [0.2, 0.25) is 0 Å². The van der Waals surface area contributed by atoms with Crippen molar-refractivity contribution in [1.82, 2.24) is 20.1 Å². The molecule has 1 aliphatic heterocycles. The Morgan fingerprint density at radius 2 is 2.03 bits per heavy atom. The first-order valence-electron chi connectivity index (χ1n) is 8.92. The average molecular weight is 435 g/mol. The van der Waals surface area contributed by atoms with Crippen molar-refractivity contribution >= 4 is 37.7 Å². The number of furan rings is 1.